The van der Waals surface area contributed by atoms with E-state index in [0.29, 0.717) is 16.6 Å². The molecule has 0 aliphatic heterocycles. The smallest absolute Gasteiger partial charge is 0.124 e. The van der Waals surface area contributed by atoms with E-state index >= 15 is 0 Å². The van der Waals surface area contributed by atoms with Gasteiger partial charge in [0, 0.05) is 16.6 Å². The lowest BCUT2D eigenvalue weighted by atomic mass is 9.93. The molecule has 0 spiro atoms. The summed E-state index contributed by atoms with van der Waals surface area (Å²) >= 11 is 0. The van der Waals surface area contributed by atoms with E-state index < -0.39 is 0 Å². The molecule has 0 radical (unpaired) electrons. The zero-order valence-electron chi connectivity index (χ0n) is 17.1. The molecule has 150 valence electrons. The minimum Gasteiger partial charge on any atom is -0.398 e. The molecule has 1 aromatic heterocycles. The molecule has 3 heteroatoms. The van der Waals surface area contributed by atoms with Crippen LogP contribution < -0.4 is 5.73 Å². The van der Waals surface area contributed by atoms with Crippen LogP contribution in [0.1, 0.15) is 5.56 Å². The molecule has 5 rings (SSSR count). The van der Waals surface area contributed by atoms with Crippen molar-refractivity contribution in [2.24, 2.45) is 0 Å². The maximum absolute atomic E-state index is 13.6. The number of pyridine rings is 1. The average molecular weight is 404 g/mol. The molecule has 0 saturated carbocycles. The quantitative estimate of drug-likeness (QED) is 0.343. The van der Waals surface area contributed by atoms with Gasteiger partial charge in [0.25, 0.3) is 0 Å². The number of hydrogen-bond acceptors (Lipinski definition) is 2. The number of nitrogens with zero attached hydrogens (tertiary/aromatic N) is 1. The minimum absolute atomic E-state index is 0.311. The Morgan fingerprint density at radius 2 is 1.26 bits per heavy atom. The first-order valence-electron chi connectivity index (χ1n) is 10.2. The van der Waals surface area contributed by atoms with Gasteiger partial charge in [-0.25, -0.2) is 9.37 Å². The predicted molar refractivity (Wildman–Crippen MR) is 127 cm³/mol. The molecule has 0 bridgehead atoms. The molecule has 2 N–H and O–H groups in total. The Hall–Kier alpha value is -3.98. The van der Waals surface area contributed by atoms with Crippen molar-refractivity contribution in [3.8, 4) is 33.5 Å². The van der Waals surface area contributed by atoms with Gasteiger partial charge in [0.2, 0.25) is 0 Å². The van der Waals surface area contributed by atoms with Gasteiger partial charge in [0.15, 0.2) is 0 Å². The van der Waals surface area contributed by atoms with Crippen molar-refractivity contribution in [2.45, 2.75) is 6.92 Å². The minimum atomic E-state index is -0.311. The Balaban J connectivity index is 1.58. The van der Waals surface area contributed by atoms with Crippen molar-refractivity contribution in [1.82, 2.24) is 4.98 Å². The summed E-state index contributed by atoms with van der Waals surface area (Å²) in [6.45, 7) is 1.93. The summed E-state index contributed by atoms with van der Waals surface area (Å²) in [5.41, 5.74) is 14.9. The Labute approximate surface area is 180 Å². The second-order valence-electron chi connectivity index (χ2n) is 7.65. The van der Waals surface area contributed by atoms with E-state index in [1.54, 1.807) is 6.07 Å². The lowest BCUT2D eigenvalue weighted by Crippen LogP contribution is -1.98. The van der Waals surface area contributed by atoms with Gasteiger partial charge in [-0.3, -0.25) is 0 Å². The molecule has 4 aromatic carbocycles. The first kappa shape index (κ1) is 19.0. The molecule has 2 nitrogen and oxygen atoms in total. The predicted octanol–water partition coefficient (Wildman–Crippen LogP) is 7.27. The van der Waals surface area contributed by atoms with Crippen LogP contribution in [0.5, 0.6) is 0 Å². The number of hydrogen-bond donors (Lipinski definition) is 1. The normalized spacial score (nSPS) is 11.0. The highest BCUT2D eigenvalue weighted by Gasteiger charge is 2.13. The van der Waals surface area contributed by atoms with Crippen molar-refractivity contribution in [3.05, 3.63) is 108 Å². The summed E-state index contributed by atoms with van der Waals surface area (Å²) < 4.78 is 13.6. The van der Waals surface area contributed by atoms with Crippen LogP contribution in [0.25, 0.3) is 44.4 Å². The Bertz CT molecular complexity index is 1390. The topological polar surface area (TPSA) is 38.9 Å². The fourth-order valence-electron chi connectivity index (χ4n) is 4.05. The third kappa shape index (κ3) is 3.44. The average Bonchev–Trinajstić information content (AvgIpc) is 2.82. The highest BCUT2D eigenvalue weighted by Crippen LogP contribution is 2.35. The number of rotatable bonds is 3. The fraction of sp³-hybridized carbons (Fsp3) is 0.0357. The van der Waals surface area contributed by atoms with Gasteiger partial charge in [-0.1, -0.05) is 78.9 Å². The summed E-state index contributed by atoms with van der Waals surface area (Å²) in [4.78, 5) is 4.77. The monoisotopic (exact) mass is 404 g/mol. The zero-order chi connectivity index (χ0) is 21.4. The van der Waals surface area contributed by atoms with Crippen LogP contribution in [0.15, 0.2) is 97.1 Å². The number of anilines is 1. The number of aromatic nitrogens is 1. The van der Waals surface area contributed by atoms with Gasteiger partial charge in [0.1, 0.15) is 5.82 Å². The summed E-state index contributed by atoms with van der Waals surface area (Å²) in [5, 5.41) is 0.648. The van der Waals surface area contributed by atoms with E-state index in [1.165, 1.54) is 28.8 Å². The van der Waals surface area contributed by atoms with Gasteiger partial charge in [-0.2, -0.15) is 0 Å². The molecule has 0 fully saturated rings. The number of benzene rings is 4. The first-order chi connectivity index (χ1) is 15.1. The molecule has 0 unspecified atom stereocenters. The highest BCUT2D eigenvalue weighted by molar-refractivity contribution is 5.95. The van der Waals surface area contributed by atoms with E-state index in [9.17, 15) is 4.39 Å². The van der Waals surface area contributed by atoms with Crippen LogP contribution >= 0.6 is 0 Å². The largest absolute Gasteiger partial charge is 0.398 e. The van der Waals surface area contributed by atoms with Crippen molar-refractivity contribution in [2.75, 3.05) is 5.73 Å². The second-order valence-corrected chi connectivity index (χ2v) is 7.65. The van der Waals surface area contributed by atoms with Gasteiger partial charge in [0.05, 0.1) is 11.2 Å². The molecule has 0 aliphatic carbocycles. The second kappa shape index (κ2) is 7.69. The lowest BCUT2D eigenvalue weighted by molar-refractivity contribution is 0.629. The molecule has 0 saturated heterocycles. The SMILES string of the molecule is Cc1c(-c2ccc(-c3ccccc3-c3ccccc3)cc2)nc2ccc(F)cc2c1N. The lowest BCUT2D eigenvalue weighted by Gasteiger charge is -2.13. The number of nitrogen functional groups attached to an aromatic ring is 1. The standard InChI is InChI=1S/C28H21FN2/c1-18-27(30)25-17-22(29)15-16-26(25)31-28(18)21-13-11-20(12-14-21)24-10-6-5-9-23(24)19-7-3-2-4-8-19/h2-17H,1H3,(H2,30,31). The molecule has 0 amide bonds. The summed E-state index contributed by atoms with van der Waals surface area (Å²) in [7, 11) is 0. The van der Waals surface area contributed by atoms with Crippen LogP contribution in [0, 0.1) is 12.7 Å². The zero-order valence-corrected chi connectivity index (χ0v) is 17.1. The van der Waals surface area contributed by atoms with Crippen LogP contribution in [0.2, 0.25) is 0 Å². The van der Waals surface area contributed by atoms with Gasteiger partial charge in [-0.05, 0) is 52.9 Å². The van der Waals surface area contributed by atoms with Crippen LogP contribution in [-0.4, -0.2) is 4.98 Å². The number of halogens is 1. The van der Waals surface area contributed by atoms with Crippen LogP contribution in [0.4, 0.5) is 10.1 Å². The van der Waals surface area contributed by atoms with E-state index in [1.807, 2.05) is 13.0 Å². The van der Waals surface area contributed by atoms with Crippen molar-refractivity contribution >= 4 is 16.6 Å². The molecule has 5 aromatic rings. The summed E-state index contributed by atoms with van der Waals surface area (Å²) in [5.74, 6) is -0.311. The molecular weight excluding hydrogens is 383 g/mol. The van der Waals surface area contributed by atoms with Gasteiger partial charge in [-0.15, -0.1) is 0 Å². The Kier molecular flexibility index (Phi) is 4.72. The van der Waals surface area contributed by atoms with Gasteiger partial charge < -0.3 is 5.73 Å². The maximum Gasteiger partial charge on any atom is 0.124 e. The highest BCUT2D eigenvalue weighted by atomic mass is 19.1. The van der Waals surface area contributed by atoms with Crippen LogP contribution in [-0.2, 0) is 0 Å². The number of nitrogens with two attached hydrogens (primary N) is 1. The molecular formula is C28H21FN2. The molecule has 1 heterocycles. The Morgan fingerprint density at radius 1 is 0.677 bits per heavy atom. The molecule has 31 heavy (non-hydrogen) atoms. The van der Waals surface area contributed by atoms with E-state index in [2.05, 4.69) is 72.8 Å². The maximum atomic E-state index is 13.6. The van der Waals surface area contributed by atoms with E-state index in [0.717, 1.165) is 22.4 Å². The first-order valence-corrected chi connectivity index (χ1v) is 10.2. The molecule has 0 aliphatic rings. The van der Waals surface area contributed by atoms with E-state index in [-0.39, 0.29) is 5.82 Å². The third-order valence-electron chi connectivity index (χ3n) is 5.72. The Morgan fingerprint density at radius 3 is 1.94 bits per heavy atom. The third-order valence-corrected chi connectivity index (χ3v) is 5.72. The molecule has 0 atom stereocenters. The van der Waals surface area contributed by atoms with Crippen LogP contribution in [0.3, 0.4) is 0 Å². The summed E-state index contributed by atoms with van der Waals surface area (Å²) in [6.07, 6.45) is 0. The number of fused-ring (bicyclic) bond motifs is 1. The van der Waals surface area contributed by atoms with Crippen molar-refractivity contribution in [3.63, 3.8) is 0 Å². The van der Waals surface area contributed by atoms with Gasteiger partial charge >= 0.3 is 0 Å². The van der Waals surface area contributed by atoms with Crippen molar-refractivity contribution < 1.29 is 4.39 Å². The van der Waals surface area contributed by atoms with E-state index in [4.69, 9.17) is 10.7 Å². The summed E-state index contributed by atoms with van der Waals surface area (Å²) in [6, 6.07) is 31.7. The fourth-order valence-corrected chi connectivity index (χ4v) is 4.05. The van der Waals surface area contributed by atoms with Crippen molar-refractivity contribution in [1.29, 1.82) is 0 Å².